The first kappa shape index (κ1) is 13.1. The van der Waals surface area contributed by atoms with Crippen molar-refractivity contribution in [1.29, 1.82) is 5.26 Å². The fourth-order valence-corrected chi connectivity index (χ4v) is 1.59. The van der Waals surface area contributed by atoms with Gasteiger partial charge in [-0.05, 0) is 12.1 Å². The van der Waals surface area contributed by atoms with Gasteiger partial charge in [-0.3, -0.25) is 0 Å². The molecule has 96 valence electrons. The smallest absolute Gasteiger partial charge is 0.153 e. The van der Waals surface area contributed by atoms with Crippen LogP contribution in [0, 0.1) is 17.1 Å². The van der Waals surface area contributed by atoms with E-state index in [0.717, 1.165) is 0 Å². The Labute approximate surface area is 113 Å². The number of ether oxygens (including phenoxy) is 1. The van der Waals surface area contributed by atoms with Crippen LogP contribution in [0.2, 0.25) is 5.15 Å². The predicted molar refractivity (Wildman–Crippen MR) is 68.0 cm³/mol. The van der Waals surface area contributed by atoms with Gasteiger partial charge in [0.1, 0.15) is 29.5 Å². The van der Waals surface area contributed by atoms with Gasteiger partial charge in [0.15, 0.2) is 11.0 Å². The van der Waals surface area contributed by atoms with E-state index in [0.29, 0.717) is 5.75 Å². The summed E-state index contributed by atoms with van der Waals surface area (Å²) in [5.41, 5.74) is 0.214. The third-order valence-corrected chi connectivity index (χ3v) is 2.63. The average Bonchev–Trinajstić information content (AvgIpc) is 2.41. The van der Waals surface area contributed by atoms with Crippen molar-refractivity contribution in [2.75, 3.05) is 12.4 Å². The van der Waals surface area contributed by atoms with Crippen LogP contribution in [0.25, 0.3) is 0 Å². The minimum atomic E-state index is -0.530. The molecule has 0 atom stereocenters. The lowest BCUT2D eigenvalue weighted by molar-refractivity contribution is 0.411. The summed E-state index contributed by atoms with van der Waals surface area (Å²) in [4.78, 5) is 7.54. The van der Waals surface area contributed by atoms with E-state index in [1.54, 1.807) is 6.07 Å². The number of anilines is 2. The second-order valence-electron chi connectivity index (χ2n) is 3.47. The van der Waals surface area contributed by atoms with E-state index in [1.807, 2.05) is 6.07 Å². The van der Waals surface area contributed by atoms with Gasteiger partial charge in [-0.1, -0.05) is 11.6 Å². The summed E-state index contributed by atoms with van der Waals surface area (Å²) in [6.07, 6.45) is 1.19. The average molecular weight is 279 g/mol. The van der Waals surface area contributed by atoms with Gasteiger partial charge in [0.25, 0.3) is 0 Å². The molecule has 1 aromatic heterocycles. The summed E-state index contributed by atoms with van der Waals surface area (Å²) in [7, 11) is 1.44. The zero-order chi connectivity index (χ0) is 13.8. The Morgan fingerprint density at radius 2 is 2.21 bits per heavy atom. The van der Waals surface area contributed by atoms with Gasteiger partial charge in [-0.15, -0.1) is 0 Å². The SMILES string of the molecule is COc1ccc(Nc2ncnc(Cl)c2C#N)c(F)c1. The zero-order valence-electron chi connectivity index (χ0n) is 9.82. The number of aromatic nitrogens is 2. The predicted octanol–water partition coefficient (Wildman–Crippen LogP) is 2.89. The van der Waals surface area contributed by atoms with Crippen molar-refractivity contribution in [3.63, 3.8) is 0 Å². The topological polar surface area (TPSA) is 70.8 Å². The maximum atomic E-state index is 13.8. The van der Waals surface area contributed by atoms with Crippen LogP contribution in [0.4, 0.5) is 15.9 Å². The van der Waals surface area contributed by atoms with Crippen LogP contribution in [0.15, 0.2) is 24.5 Å². The number of benzene rings is 1. The number of nitrogens with zero attached hydrogens (tertiary/aromatic N) is 3. The molecular weight excluding hydrogens is 271 g/mol. The molecule has 0 aliphatic rings. The molecule has 0 unspecified atom stereocenters. The lowest BCUT2D eigenvalue weighted by Crippen LogP contribution is -2.01. The van der Waals surface area contributed by atoms with Crippen molar-refractivity contribution in [1.82, 2.24) is 9.97 Å². The Balaban J connectivity index is 2.37. The summed E-state index contributed by atoms with van der Waals surface area (Å²) >= 11 is 5.76. The molecule has 1 aromatic carbocycles. The van der Waals surface area contributed by atoms with Crippen LogP contribution in [0.3, 0.4) is 0 Å². The Morgan fingerprint density at radius 1 is 1.42 bits per heavy atom. The number of nitriles is 1. The first-order chi connectivity index (χ1) is 9.15. The minimum absolute atomic E-state index is 0.00826. The van der Waals surface area contributed by atoms with Crippen molar-refractivity contribution < 1.29 is 9.13 Å². The minimum Gasteiger partial charge on any atom is -0.497 e. The van der Waals surface area contributed by atoms with E-state index in [-0.39, 0.29) is 22.2 Å². The van der Waals surface area contributed by atoms with E-state index < -0.39 is 5.82 Å². The highest BCUT2D eigenvalue weighted by Crippen LogP contribution is 2.26. The Kier molecular flexibility index (Phi) is 3.78. The standard InChI is InChI=1S/C12H8ClFN4O/c1-19-7-2-3-10(9(14)4-7)18-12-8(5-15)11(13)16-6-17-12/h2-4,6H,1H3,(H,16,17,18). The maximum Gasteiger partial charge on any atom is 0.153 e. The molecule has 1 heterocycles. The molecule has 2 aromatic rings. The molecule has 0 saturated carbocycles. The Morgan fingerprint density at radius 3 is 2.84 bits per heavy atom. The molecule has 1 N–H and O–H groups in total. The molecular formula is C12H8ClFN4O. The summed E-state index contributed by atoms with van der Waals surface area (Å²) < 4.78 is 18.7. The summed E-state index contributed by atoms with van der Waals surface area (Å²) in [5.74, 6) is 0.00816. The van der Waals surface area contributed by atoms with Crippen LogP contribution < -0.4 is 10.1 Å². The molecule has 19 heavy (non-hydrogen) atoms. The van der Waals surface area contributed by atoms with Crippen molar-refractivity contribution in [3.8, 4) is 11.8 Å². The number of methoxy groups -OCH3 is 1. The Hall–Kier alpha value is -2.39. The van der Waals surface area contributed by atoms with E-state index >= 15 is 0 Å². The fourth-order valence-electron chi connectivity index (χ4n) is 1.41. The molecule has 0 aliphatic carbocycles. The number of hydrogen-bond acceptors (Lipinski definition) is 5. The molecule has 0 fully saturated rings. The van der Waals surface area contributed by atoms with Crippen molar-refractivity contribution in [3.05, 3.63) is 41.1 Å². The number of nitrogens with one attached hydrogen (secondary N) is 1. The van der Waals surface area contributed by atoms with E-state index in [4.69, 9.17) is 21.6 Å². The summed E-state index contributed by atoms with van der Waals surface area (Å²) in [5, 5.41) is 11.7. The van der Waals surface area contributed by atoms with Gasteiger partial charge in [0.05, 0.1) is 12.8 Å². The van der Waals surface area contributed by atoms with Crippen molar-refractivity contribution in [2.45, 2.75) is 0 Å². The summed E-state index contributed by atoms with van der Waals surface area (Å²) in [6, 6.07) is 6.14. The number of halogens is 2. The molecule has 0 spiro atoms. The molecule has 5 nitrogen and oxygen atoms in total. The van der Waals surface area contributed by atoms with E-state index in [2.05, 4.69) is 15.3 Å². The number of hydrogen-bond donors (Lipinski definition) is 1. The van der Waals surface area contributed by atoms with E-state index in [1.165, 1.54) is 25.6 Å². The Bertz CT molecular complexity index is 657. The molecule has 0 radical (unpaired) electrons. The summed E-state index contributed by atoms with van der Waals surface area (Å²) in [6.45, 7) is 0. The molecule has 0 bridgehead atoms. The van der Waals surface area contributed by atoms with Crippen LogP contribution in [-0.4, -0.2) is 17.1 Å². The van der Waals surface area contributed by atoms with Gasteiger partial charge in [0, 0.05) is 6.07 Å². The highest BCUT2D eigenvalue weighted by Gasteiger charge is 2.11. The molecule has 2 rings (SSSR count). The number of rotatable bonds is 3. The third kappa shape index (κ3) is 2.72. The second-order valence-corrected chi connectivity index (χ2v) is 3.83. The molecule has 7 heteroatoms. The van der Waals surface area contributed by atoms with E-state index in [9.17, 15) is 4.39 Å². The maximum absolute atomic E-state index is 13.8. The second kappa shape index (κ2) is 5.50. The van der Waals surface area contributed by atoms with Crippen LogP contribution in [0.1, 0.15) is 5.56 Å². The van der Waals surface area contributed by atoms with Crippen LogP contribution >= 0.6 is 11.6 Å². The highest BCUT2D eigenvalue weighted by atomic mass is 35.5. The quantitative estimate of drug-likeness (QED) is 0.874. The molecule has 0 saturated heterocycles. The van der Waals surface area contributed by atoms with Crippen LogP contribution in [-0.2, 0) is 0 Å². The first-order valence-corrected chi connectivity index (χ1v) is 5.54. The normalized spacial score (nSPS) is 9.79. The van der Waals surface area contributed by atoms with Gasteiger partial charge in [-0.2, -0.15) is 5.26 Å². The lowest BCUT2D eigenvalue weighted by Gasteiger charge is -2.09. The van der Waals surface area contributed by atoms with Crippen molar-refractivity contribution >= 4 is 23.1 Å². The van der Waals surface area contributed by atoms with Gasteiger partial charge in [-0.25, -0.2) is 14.4 Å². The van der Waals surface area contributed by atoms with Gasteiger partial charge < -0.3 is 10.1 Å². The third-order valence-electron chi connectivity index (χ3n) is 2.34. The monoisotopic (exact) mass is 278 g/mol. The van der Waals surface area contributed by atoms with Gasteiger partial charge >= 0.3 is 0 Å². The fraction of sp³-hybridized carbons (Fsp3) is 0.0833. The molecule has 0 amide bonds. The first-order valence-electron chi connectivity index (χ1n) is 5.17. The van der Waals surface area contributed by atoms with Gasteiger partial charge in [0.2, 0.25) is 0 Å². The zero-order valence-corrected chi connectivity index (χ0v) is 10.6. The van der Waals surface area contributed by atoms with Crippen LogP contribution in [0.5, 0.6) is 5.75 Å². The largest absolute Gasteiger partial charge is 0.497 e. The lowest BCUT2D eigenvalue weighted by atomic mass is 10.2. The van der Waals surface area contributed by atoms with Crippen molar-refractivity contribution in [2.24, 2.45) is 0 Å². The molecule has 0 aliphatic heterocycles. The highest BCUT2D eigenvalue weighted by molar-refractivity contribution is 6.30.